The van der Waals surface area contributed by atoms with Crippen molar-refractivity contribution in [2.45, 2.75) is 25.7 Å². The van der Waals surface area contributed by atoms with Crippen LogP contribution in [0.4, 0.5) is 5.13 Å². The van der Waals surface area contributed by atoms with Gasteiger partial charge in [-0.15, -0.1) is 0 Å². The zero-order chi connectivity index (χ0) is 21.8. The normalized spacial score (nSPS) is 17.4. The quantitative estimate of drug-likeness (QED) is 0.423. The molecule has 0 N–H and O–H groups in total. The summed E-state index contributed by atoms with van der Waals surface area (Å²) in [5, 5.41) is 10.4. The van der Waals surface area contributed by atoms with E-state index >= 15 is 0 Å². The van der Waals surface area contributed by atoms with Gasteiger partial charge in [0, 0.05) is 31.7 Å². The zero-order valence-electron chi connectivity index (χ0n) is 17.6. The first kappa shape index (κ1) is 20.7. The molecular formula is C25H22N4OS. The first-order valence-electron chi connectivity index (χ1n) is 10.2. The van der Waals surface area contributed by atoms with Gasteiger partial charge in [0.1, 0.15) is 11.5 Å². The molecule has 1 aromatic heterocycles. The maximum Gasteiger partial charge on any atom is 0.269 e. The van der Waals surface area contributed by atoms with Gasteiger partial charge in [-0.3, -0.25) is 0 Å². The number of hydrogen-bond acceptors (Lipinski definition) is 5. The topological polar surface area (TPSA) is 53.5 Å². The molecule has 0 unspecified atom stereocenters. The van der Waals surface area contributed by atoms with Gasteiger partial charge >= 0.3 is 0 Å². The second-order valence-corrected chi connectivity index (χ2v) is 8.56. The standard InChI is InChI=1S/C25H22N4OS/c1-27-21(16-26)20-15-18(30-22-12-8-7-11-19(20)22)13-14-23-24(17-9-5-4-6-10-17)28-25(31-23)29(2)3/h4-6,9-10,13-15H,7-8,11-12H2,2-3H3. The molecule has 0 saturated carbocycles. The summed E-state index contributed by atoms with van der Waals surface area (Å²) < 4.78 is 6.16. The minimum atomic E-state index is 0.126. The van der Waals surface area contributed by atoms with E-state index in [4.69, 9.17) is 16.3 Å². The van der Waals surface area contributed by atoms with Crippen molar-refractivity contribution in [3.05, 3.63) is 87.1 Å². The Bertz CT molecular complexity index is 1180. The van der Waals surface area contributed by atoms with Gasteiger partial charge in [0.2, 0.25) is 0 Å². The number of rotatable bonds is 4. The molecule has 4 rings (SSSR count). The van der Waals surface area contributed by atoms with E-state index in [1.807, 2.05) is 61.5 Å². The Kier molecular flexibility index (Phi) is 6.02. The van der Waals surface area contributed by atoms with Gasteiger partial charge in [-0.05, 0) is 43.1 Å². The SMILES string of the molecule is [C-]#[N+]C(C#N)=C1C=C(C=Cc2sc(N(C)C)nc2-c2ccccc2)OC2=C1CCCC2. The lowest BCUT2D eigenvalue weighted by Gasteiger charge is -2.26. The van der Waals surface area contributed by atoms with Gasteiger partial charge in [0.25, 0.3) is 5.70 Å². The van der Waals surface area contributed by atoms with E-state index in [1.165, 1.54) is 0 Å². The van der Waals surface area contributed by atoms with E-state index in [1.54, 1.807) is 11.3 Å². The molecule has 0 radical (unpaired) electrons. The maximum atomic E-state index is 9.44. The zero-order valence-corrected chi connectivity index (χ0v) is 18.4. The van der Waals surface area contributed by atoms with Crippen LogP contribution in [0.1, 0.15) is 30.6 Å². The fourth-order valence-corrected chi connectivity index (χ4v) is 4.61. The molecule has 6 heteroatoms. The van der Waals surface area contributed by atoms with Crippen LogP contribution in [0, 0.1) is 17.9 Å². The number of ether oxygens (including phenoxy) is 1. The van der Waals surface area contributed by atoms with Crippen molar-refractivity contribution in [2.75, 3.05) is 19.0 Å². The molecule has 0 fully saturated rings. The Balaban J connectivity index is 1.73. The molecule has 0 saturated heterocycles. The third-order valence-electron chi connectivity index (χ3n) is 5.21. The van der Waals surface area contributed by atoms with Crippen LogP contribution in [0.2, 0.25) is 0 Å². The molecule has 1 aliphatic carbocycles. The van der Waals surface area contributed by atoms with Crippen LogP contribution >= 0.6 is 11.3 Å². The molecule has 2 aromatic rings. The second kappa shape index (κ2) is 9.04. The predicted octanol–water partition coefficient (Wildman–Crippen LogP) is 6.33. The summed E-state index contributed by atoms with van der Waals surface area (Å²) in [6.07, 6.45) is 9.54. The Morgan fingerprint density at radius 1 is 1.23 bits per heavy atom. The number of nitrogens with zero attached hydrogens (tertiary/aromatic N) is 4. The Hall–Kier alpha value is -3.61. The van der Waals surface area contributed by atoms with Crippen molar-refractivity contribution in [2.24, 2.45) is 0 Å². The van der Waals surface area contributed by atoms with Crippen LogP contribution in [0.3, 0.4) is 0 Å². The maximum absolute atomic E-state index is 9.44. The predicted molar refractivity (Wildman–Crippen MR) is 125 cm³/mol. The summed E-state index contributed by atoms with van der Waals surface area (Å²) in [6.45, 7) is 7.39. The molecule has 31 heavy (non-hydrogen) atoms. The number of benzene rings is 1. The average Bonchev–Trinajstić information content (AvgIpc) is 3.24. The van der Waals surface area contributed by atoms with E-state index in [-0.39, 0.29) is 5.70 Å². The van der Waals surface area contributed by atoms with E-state index in [0.29, 0.717) is 11.3 Å². The molecule has 2 heterocycles. The van der Waals surface area contributed by atoms with Crippen molar-refractivity contribution >= 4 is 22.5 Å². The first-order valence-corrected chi connectivity index (χ1v) is 11.0. The number of allylic oxidation sites excluding steroid dienone is 6. The molecule has 0 atom stereocenters. The van der Waals surface area contributed by atoms with Gasteiger partial charge in [-0.25, -0.2) is 15.1 Å². The highest BCUT2D eigenvalue weighted by molar-refractivity contribution is 7.16. The van der Waals surface area contributed by atoms with E-state index in [2.05, 4.69) is 17.0 Å². The van der Waals surface area contributed by atoms with Crippen LogP contribution in [-0.4, -0.2) is 19.1 Å². The van der Waals surface area contributed by atoms with E-state index in [9.17, 15) is 5.26 Å². The van der Waals surface area contributed by atoms with Gasteiger partial charge in [-0.1, -0.05) is 41.7 Å². The average molecular weight is 427 g/mol. The fourth-order valence-electron chi connectivity index (χ4n) is 3.70. The summed E-state index contributed by atoms with van der Waals surface area (Å²) in [7, 11) is 3.96. The minimum Gasteiger partial charge on any atom is -0.462 e. The van der Waals surface area contributed by atoms with E-state index in [0.717, 1.165) is 58.3 Å². The Morgan fingerprint density at radius 3 is 2.71 bits per heavy atom. The molecule has 154 valence electrons. The summed E-state index contributed by atoms with van der Waals surface area (Å²) >= 11 is 1.61. The van der Waals surface area contributed by atoms with Crippen molar-refractivity contribution in [1.82, 2.24) is 4.98 Å². The molecule has 5 nitrogen and oxygen atoms in total. The van der Waals surface area contributed by atoms with Crippen LogP contribution in [0.25, 0.3) is 22.2 Å². The third kappa shape index (κ3) is 4.30. The Labute approximate surface area is 186 Å². The smallest absolute Gasteiger partial charge is 0.269 e. The van der Waals surface area contributed by atoms with Crippen molar-refractivity contribution in [3.8, 4) is 17.3 Å². The van der Waals surface area contributed by atoms with E-state index < -0.39 is 0 Å². The van der Waals surface area contributed by atoms with Gasteiger partial charge in [-0.2, -0.15) is 0 Å². The molecule has 0 spiro atoms. The summed E-state index contributed by atoms with van der Waals surface area (Å²) in [5.74, 6) is 1.53. The van der Waals surface area contributed by atoms with Gasteiger partial charge in [0.15, 0.2) is 5.13 Å². The molecule has 1 aromatic carbocycles. The largest absolute Gasteiger partial charge is 0.462 e. The lowest BCUT2D eigenvalue weighted by molar-refractivity contribution is 0.282. The van der Waals surface area contributed by atoms with Crippen LogP contribution < -0.4 is 4.90 Å². The summed E-state index contributed by atoms with van der Waals surface area (Å²) in [6, 6.07) is 12.2. The first-order chi connectivity index (χ1) is 15.1. The van der Waals surface area contributed by atoms with Crippen molar-refractivity contribution in [1.29, 1.82) is 5.26 Å². The highest BCUT2D eigenvalue weighted by Crippen LogP contribution is 2.39. The van der Waals surface area contributed by atoms with Gasteiger partial charge in [0.05, 0.1) is 23.2 Å². The molecular weight excluding hydrogens is 404 g/mol. The third-order valence-corrected chi connectivity index (χ3v) is 6.40. The highest BCUT2D eigenvalue weighted by atomic mass is 32.1. The number of anilines is 1. The lowest BCUT2D eigenvalue weighted by atomic mass is 9.89. The lowest BCUT2D eigenvalue weighted by Crippen LogP contribution is -2.10. The van der Waals surface area contributed by atoms with Crippen LogP contribution in [0.5, 0.6) is 0 Å². The summed E-state index contributed by atoms with van der Waals surface area (Å²) in [5.41, 5.74) is 3.83. The molecule has 0 amide bonds. The molecule has 2 aliphatic rings. The van der Waals surface area contributed by atoms with Crippen molar-refractivity contribution in [3.63, 3.8) is 0 Å². The number of aromatic nitrogens is 1. The number of hydrogen-bond donors (Lipinski definition) is 0. The number of thiazole rings is 1. The second-order valence-electron chi connectivity index (χ2n) is 7.55. The summed E-state index contributed by atoms with van der Waals surface area (Å²) in [4.78, 5) is 11.3. The fraction of sp³-hybridized carbons (Fsp3) is 0.240. The van der Waals surface area contributed by atoms with Crippen LogP contribution in [-0.2, 0) is 4.74 Å². The Morgan fingerprint density at radius 2 is 2.00 bits per heavy atom. The minimum absolute atomic E-state index is 0.126. The number of nitriles is 1. The van der Waals surface area contributed by atoms with Crippen LogP contribution in [0.15, 0.2) is 70.8 Å². The molecule has 1 aliphatic heterocycles. The highest BCUT2D eigenvalue weighted by Gasteiger charge is 2.24. The van der Waals surface area contributed by atoms with Crippen molar-refractivity contribution < 1.29 is 4.74 Å². The molecule has 0 bridgehead atoms. The van der Waals surface area contributed by atoms with Gasteiger partial charge < -0.3 is 9.64 Å². The monoisotopic (exact) mass is 426 g/mol.